The average Bonchev–Trinajstić information content (AvgIpc) is 2.50. The highest BCUT2D eigenvalue weighted by Gasteiger charge is 2.19. The van der Waals surface area contributed by atoms with Gasteiger partial charge in [0.1, 0.15) is 5.82 Å². The van der Waals surface area contributed by atoms with Crippen LogP contribution in [-0.2, 0) is 4.74 Å². The Hall–Kier alpha value is -1.21. The first kappa shape index (κ1) is 17.1. The van der Waals surface area contributed by atoms with Crippen LogP contribution in [0.3, 0.4) is 0 Å². The fourth-order valence-electron chi connectivity index (χ4n) is 2.39. The number of halogens is 2. The number of nitrogens with zero attached hydrogens (tertiary/aromatic N) is 2. The molecule has 1 heterocycles. The zero-order valence-electron chi connectivity index (χ0n) is 12.5. The Kier molecular flexibility index (Phi) is 6.14. The van der Waals surface area contributed by atoms with E-state index in [2.05, 4.69) is 4.90 Å². The molecule has 1 aromatic rings. The van der Waals surface area contributed by atoms with Crippen molar-refractivity contribution in [1.29, 1.82) is 0 Å². The lowest BCUT2D eigenvalue weighted by atomic mass is 10.2. The molecule has 0 radical (unpaired) electrons. The van der Waals surface area contributed by atoms with Gasteiger partial charge in [-0.25, -0.2) is 4.39 Å². The van der Waals surface area contributed by atoms with E-state index in [0.29, 0.717) is 25.3 Å². The predicted octanol–water partition coefficient (Wildman–Crippen LogP) is 1.24. The number of ether oxygens (including phenoxy) is 1. The van der Waals surface area contributed by atoms with Crippen LogP contribution in [0, 0.1) is 5.82 Å². The van der Waals surface area contributed by atoms with E-state index in [1.54, 1.807) is 7.05 Å². The Bertz CT molecular complexity index is 524. The lowest BCUT2D eigenvalue weighted by Gasteiger charge is -2.30. The van der Waals surface area contributed by atoms with Gasteiger partial charge in [0.2, 0.25) is 0 Å². The molecule has 1 atom stereocenters. The number of β-amino-alcohol motifs (C(OH)–C–C–N with tert-alkyl or cyclic N) is 1. The van der Waals surface area contributed by atoms with Crippen LogP contribution in [0.2, 0.25) is 5.02 Å². The van der Waals surface area contributed by atoms with Gasteiger partial charge < -0.3 is 14.7 Å². The Morgan fingerprint density at radius 1 is 1.50 bits per heavy atom. The number of morpholine rings is 1. The number of aliphatic hydroxyl groups is 1. The second kappa shape index (κ2) is 7.87. The molecule has 1 aliphatic heterocycles. The quantitative estimate of drug-likeness (QED) is 0.882. The molecule has 1 aliphatic rings. The van der Waals surface area contributed by atoms with Gasteiger partial charge in [-0.15, -0.1) is 0 Å². The summed E-state index contributed by atoms with van der Waals surface area (Å²) in [5.74, 6) is -0.865. The zero-order chi connectivity index (χ0) is 16.1. The van der Waals surface area contributed by atoms with Crippen LogP contribution in [-0.4, -0.2) is 73.4 Å². The first-order chi connectivity index (χ1) is 10.5. The summed E-state index contributed by atoms with van der Waals surface area (Å²) < 4.78 is 18.4. The van der Waals surface area contributed by atoms with Crippen molar-refractivity contribution in [1.82, 2.24) is 9.80 Å². The Labute approximate surface area is 134 Å². The maximum atomic E-state index is 13.1. The molecule has 1 amide bonds. The summed E-state index contributed by atoms with van der Waals surface area (Å²) in [6.45, 7) is 3.58. The highest BCUT2D eigenvalue weighted by atomic mass is 35.5. The van der Waals surface area contributed by atoms with Gasteiger partial charge in [0, 0.05) is 38.8 Å². The fourth-order valence-corrected chi connectivity index (χ4v) is 2.57. The van der Waals surface area contributed by atoms with Crippen molar-refractivity contribution in [2.75, 3.05) is 46.4 Å². The van der Waals surface area contributed by atoms with Crippen LogP contribution < -0.4 is 0 Å². The minimum atomic E-state index is -0.650. The normalized spacial score (nSPS) is 17.3. The topological polar surface area (TPSA) is 53.0 Å². The molecule has 0 aromatic heterocycles. The second-order valence-corrected chi connectivity index (χ2v) is 5.79. The molecule has 122 valence electrons. The molecule has 7 heteroatoms. The van der Waals surface area contributed by atoms with Gasteiger partial charge in [0.25, 0.3) is 5.91 Å². The monoisotopic (exact) mass is 330 g/mol. The van der Waals surface area contributed by atoms with Crippen molar-refractivity contribution in [3.8, 4) is 0 Å². The van der Waals surface area contributed by atoms with E-state index in [9.17, 15) is 14.3 Å². The van der Waals surface area contributed by atoms with Crippen LogP contribution in [0.5, 0.6) is 0 Å². The molecule has 1 aromatic carbocycles. The lowest BCUT2D eigenvalue weighted by Crippen LogP contribution is -2.45. The molecule has 0 aliphatic carbocycles. The number of likely N-dealkylation sites (N-methyl/N-ethyl adjacent to an activating group) is 1. The predicted molar refractivity (Wildman–Crippen MR) is 81.6 cm³/mol. The average molecular weight is 331 g/mol. The summed E-state index contributed by atoms with van der Waals surface area (Å²) in [6.07, 6.45) is -0.650. The molecule has 1 unspecified atom stereocenters. The van der Waals surface area contributed by atoms with E-state index in [1.807, 2.05) is 0 Å². The summed E-state index contributed by atoms with van der Waals surface area (Å²) in [6, 6.07) is 3.84. The minimum Gasteiger partial charge on any atom is -0.390 e. The summed E-state index contributed by atoms with van der Waals surface area (Å²) in [7, 11) is 1.60. The van der Waals surface area contributed by atoms with Crippen LogP contribution in [0.15, 0.2) is 18.2 Å². The third kappa shape index (κ3) is 4.64. The van der Waals surface area contributed by atoms with Crippen molar-refractivity contribution in [2.24, 2.45) is 0 Å². The minimum absolute atomic E-state index is 0.0897. The highest BCUT2D eigenvalue weighted by molar-refractivity contribution is 6.31. The highest BCUT2D eigenvalue weighted by Crippen LogP contribution is 2.17. The van der Waals surface area contributed by atoms with E-state index in [0.717, 1.165) is 19.2 Å². The maximum absolute atomic E-state index is 13.1. The lowest BCUT2D eigenvalue weighted by molar-refractivity contribution is 0.00879. The van der Waals surface area contributed by atoms with Gasteiger partial charge in [-0.2, -0.15) is 0 Å². The van der Waals surface area contributed by atoms with E-state index in [4.69, 9.17) is 16.3 Å². The summed E-state index contributed by atoms with van der Waals surface area (Å²) in [5.41, 5.74) is 0.299. The first-order valence-corrected chi connectivity index (χ1v) is 7.54. The zero-order valence-corrected chi connectivity index (χ0v) is 13.2. The van der Waals surface area contributed by atoms with Crippen molar-refractivity contribution in [3.05, 3.63) is 34.6 Å². The van der Waals surface area contributed by atoms with E-state index >= 15 is 0 Å². The van der Waals surface area contributed by atoms with E-state index < -0.39 is 11.9 Å². The third-order valence-electron chi connectivity index (χ3n) is 3.57. The Morgan fingerprint density at radius 2 is 2.18 bits per heavy atom. The number of amides is 1. The summed E-state index contributed by atoms with van der Waals surface area (Å²) in [5, 5.41) is 10.0. The Balaban J connectivity index is 1.88. The van der Waals surface area contributed by atoms with Gasteiger partial charge in [-0.05, 0) is 18.2 Å². The molecule has 1 fully saturated rings. The molecular formula is C15H20ClFN2O3. The van der Waals surface area contributed by atoms with Crippen LogP contribution in [0.1, 0.15) is 10.4 Å². The number of carbonyl (C=O) groups excluding carboxylic acids is 1. The van der Waals surface area contributed by atoms with Gasteiger partial charge in [-0.1, -0.05) is 11.6 Å². The summed E-state index contributed by atoms with van der Waals surface area (Å²) >= 11 is 5.68. The van der Waals surface area contributed by atoms with Gasteiger partial charge >= 0.3 is 0 Å². The first-order valence-electron chi connectivity index (χ1n) is 7.16. The molecule has 1 N–H and O–H groups in total. The maximum Gasteiger partial charge on any atom is 0.253 e. The molecule has 5 nitrogen and oxygen atoms in total. The van der Waals surface area contributed by atoms with Crippen molar-refractivity contribution in [3.63, 3.8) is 0 Å². The molecule has 22 heavy (non-hydrogen) atoms. The van der Waals surface area contributed by atoms with Gasteiger partial charge in [-0.3, -0.25) is 9.69 Å². The smallest absolute Gasteiger partial charge is 0.253 e. The molecule has 0 bridgehead atoms. The van der Waals surface area contributed by atoms with Crippen LogP contribution in [0.4, 0.5) is 4.39 Å². The number of rotatable bonds is 5. The second-order valence-electron chi connectivity index (χ2n) is 5.38. The number of benzene rings is 1. The summed E-state index contributed by atoms with van der Waals surface area (Å²) in [4.78, 5) is 15.7. The largest absolute Gasteiger partial charge is 0.390 e. The van der Waals surface area contributed by atoms with Crippen molar-refractivity contribution >= 4 is 17.5 Å². The number of carbonyl (C=O) groups is 1. The fraction of sp³-hybridized carbons (Fsp3) is 0.533. The van der Waals surface area contributed by atoms with Gasteiger partial charge in [0.05, 0.1) is 24.3 Å². The number of hydrogen-bond acceptors (Lipinski definition) is 4. The van der Waals surface area contributed by atoms with E-state index in [1.165, 1.54) is 17.0 Å². The number of hydrogen-bond donors (Lipinski definition) is 1. The third-order valence-corrected chi connectivity index (χ3v) is 3.86. The molecular weight excluding hydrogens is 311 g/mol. The standard InChI is InChI=1S/C15H20ClFN2O3/c1-18(9-12(20)10-19-4-6-22-7-5-19)15(21)11-2-3-14(17)13(16)8-11/h2-3,8,12,20H,4-7,9-10H2,1H3. The van der Waals surface area contributed by atoms with Crippen molar-refractivity contribution < 1.29 is 19.0 Å². The van der Waals surface area contributed by atoms with Crippen molar-refractivity contribution in [2.45, 2.75) is 6.10 Å². The molecule has 0 saturated carbocycles. The molecule has 0 spiro atoms. The van der Waals surface area contributed by atoms with Gasteiger partial charge in [0.15, 0.2) is 0 Å². The van der Waals surface area contributed by atoms with Crippen LogP contribution in [0.25, 0.3) is 0 Å². The molecule has 1 saturated heterocycles. The molecule has 2 rings (SSSR count). The Morgan fingerprint density at radius 3 is 2.82 bits per heavy atom. The van der Waals surface area contributed by atoms with E-state index in [-0.39, 0.29) is 17.5 Å². The SMILES string of the molecule is CN(CC(O)CN1CCOCC1)C(=O)c1ccc(F)c(Cl)c1. The number of aliphatic hydroxyl groups excluding tert-OH is 1. The van der Waals surface area contributed by atoms with Crippen LogP contribution >= 0.6 is 11.6 Å².